The number of aromatic nitrogens is 3. The van der Waals surface area contributed by atoms with Crippen molar-refractivity contribution < 1.29 is 34.1 Å². The summed E-state index contributed by atoms with van der Waals surface area (Å²) in [6.07, 6.45) is -3.46. The van der Waals surface area contributed by atoms with Crippen LogP contribution in [0.15, 0.2) is 17.1 Å². The van der Waals surface area contributed by atoms with Crippen LogP contribution < -0.4 is 11.3 Å². The highest BCUT2D eigenvalue weighted by Crippen LogP contribution is 2.37. The molecular weight excluding hydrogens is 359 g/mol. The predicted octanol–water partition coefficient (Wildman–Crippen LogP) is -1.26. The van der Waals surface area contributed by atoms with E-state index < -0.39 is 45.0 Å². The molecule has 1 fully saturated rings. The van der Waals surface area contributed by atoms with E-state index >= 15 is 0 Å². The zero-order chi connectivity index (χ0) is 18.1. The first kappa shape index (κ1) is 18.2. The van der Waals surface area contributed by atoms with Gasteiger partial charge in [-0.3, -0.25) is 9.78 Å². The summed E-state index contributed by atoms with van der Waals surface area (Å²) in [5, 5.41) is 19.3. The Hall–Kier alpha value is -1.63. The third-order valence-corrected chi connectivity index (χ3v) is 4.16. The highest BCUT2D eigenvalue weighted by molar-refractivity contribution is 7.45. The van der Waals surface area contributed by atoms with Crippen molar-refractivity contribution in [3.8, 4) is 0 Å². The van der Waals surface area contributed by atoms with Gasteiger partial charge in [-0.05, 0) is 6.07 Å². The van der Waals surface area contributed by atoms with E-state index in [0.29, 0.717) is 0 Å². The molecule has 0 spiro atoms. The van der Waals surface area contributed by atoms with Gasteiger partial charge in [-0.1, -0.05) is 0 Å². The van der Waals surface area contributed by atoms with E-state index in [1.54, 1.807) is 0 Å². The molecule has 13 heteroatoms. The molecule has 0 aromatic carbocycles. The third kappa shape index (κ3) is 3.38. The van der Waals surface area contributed by atoms with Crippen LogP contribution in [-0.2, 0) is 19.0 Å². The molecule has 2 aromatic heterocycles. The quantitative estimate of drug-likeness (QED) is 0.232. The Bertz CT molecular complexity index is 797. The number of aliphatic hydroxyl groups is 2. The number of hydrogen-bond acceptors (Lipinski definition) is 10. The maximum Gasteiger partial charge on any atom is 0.261 e. The number of rotatable bonds is 6. The number of aliphatic hydroxyl groups excluding tert-OH is 2. The molecule has 25 heavy (non-hydrogen) atoms. The summed E-state index contributed by atoms with van der Waals surface area (Å²) in [5.41, 5.74) is 5.39. The molecule has 0 saturated carbocycles. The Morgan fingerprint density at radius 3 is 3.00 bits per heavy atom. The Morgan fingerprint density at radius 1 is 1.56 bits per heavy atom. The van der Waals surface area contributed by atoms with Crippen molar-refractivity contribution in [2.24, 2.45) is 0 Å². The zero-order valence-corrected chi connectivity index (χ0v) is 13.9. The van der Waals surface area contributed by atoms with Crippen LogP contribution in [0, 0.1) is 0 Å². The Balaban J connectivity index is 1.90. The Morgan fingerprint density at radius 2 is 2.32 bits per heavy atom. The zero-order valence-electron chi connectivity index (χ0n) is 13.0. The number of aromatic amines is 1. The molecule has 3 rings (SSSR count). The van der Waals surface area contributed by atoms with Crippen molar-refractivity contribution in [2.75, 3.05) is 19.2 Å². The first-order chi connectivity index (χ1) is 12.0. The van der Waals surface area contributed by atoms with Crippen LogP contribution in [0.4, 0.5) is 5.95 Å². The molecule has 0 aliphatic carbocycles. The molecule has 138 valence electrons. The minimum absolute atomic E-state index is 0.0741. The number of methoxy groups -OCH3 is 1. The first-order valence-corrected chi connectivity index (χ1v) is 8.49. The lowest BCUT2D eigenvalue weighted by molar-refractivity contribution is -0.332. The lowest BCUT2D eigenvalue weighted by atomic mass is 10.2. The summed E-state index contributed by atoms with van der Waals surface area (Å²) in [4.78, 5) is 32.4. The van der Waals surface area contributed by atoms with Crippen LogP contribution in [0.3, 0.4) is 0 Å². The largest absolute Gasteiger partial charge is 0.387 e. The average Bonchev–Trinajstić information content (AvgIpc) is 3.13. The summed E-state index contributed by atoms with van der Waals surface area (Å²) in [5.74, 6) is -0.0741. The van der Waals surface area contributed by atoms with Crippen molar-refractivity contribution in [3.05, 3.63) is 22.6 Å². The number of hydrogen-bond donors (Lipinski definition) is 5. The summed E-state index contributed by atoms with van der Waals surface area (Å²) < 4.78 is 16.8. The van der Waals surface area contributed by atoms with E-state index in [0.717, 1.165) is 0 Å². The number of H-pyrrole nitrogens is 1. The van der Waals surface area contributed by atoms with Crippen molar-refractivity contribution >= 4 is 25.4 Å². The number of nitrogen functional groups attached to an aromatic ring is 1. The fourth-order valence-corrected chi connectivity index (χ4v) is 2.79. The van der Waals surface area contributed by atoms with Gasteiger partial charge in [0, 0.05) is 13.3 Å². The van der Waals surface area contributed by atoms with Crippen LogP contribution in [0.25, 0.3) is 11.0 Å². The maximum absolute atomic E-state index is 11.9. The van der Waals surface area contributed by atoms with Crippen LogP contribution in [-0.4, -0.2) is 61.6 Å². The fraction of sp³-hybridized carbons (Fsp3) is 0.500. The Kier molecular flexibility index (Phi) is 5.32. The average molecular weight is 376 g/mol. The van der Waals surface area contributed by atoms with Crippen molar-refractivity contribution in [1.29, 1.82) is 0 Å². The van der Waals surface area contributed by atoms with E-state index in [1.807, 2.05) is 0 Å². The van der Waals surface area contributed by atoms with Gasteiger partial charge in [-0.2, -0.15) is 14.5 Å². The first-order valence-electron chi connectivity index (χ1n) is 7.09. The molecule has 12 nitrogen and oxygen atoms in total. The van der Waals surface area contributed by atoms with E-state index in [2.05, 4.69) is 14.6 Å². The van der Waals surface area contributed by atoms with Crippen LogP contribution >= 0.6 is 8.38 Å². The fourth-order valence-electron chi connectivity index (χ4n) is 2.56. The monoisotopic (exact) mass is 376 g/mol. The van der Waals surface area contributed by atoms with Gasteiger partial charge >= 0.3 is 0 Å². The summed E-state index contributed by atoms with van der Waals surface area (Å²) >= 11 is 0. The van der Waals surface area contributed by atoms with Gasteiger partial charge in [0.2, 0.25) is 20.6 Å². The molecule has 0 amide bonds. The van der Waals surface area contributed by atoms with E-state index in [4.69, 9.17) is 25.2 Å². The van der Waals surface area contributed by atoms with E-state index in [9.17, 15) is 14.8 Å². The topological polar surface area (TPSA) is 174 Å². The van der Waals surface area contributed by atoms with E-state index in [1.165, 1.54) is 23.9 Å². The highest BCUT2D eigenvalue weighted by Gasteiger charge is 2.47. The van der Waals surface area contributed by atoms with Gasteiger partial charge in [-0.15, -0.1) is 0 Å². The van der Waals surface area contributed by atoms with Crippen molar-refractivity contribution in [2.45, 2.75) is 24.7 Å². The van der Waals surface area contributed by atoms with Crippen LogP contribution in [0.2, 0.25) is 0 Å². The molecule has 0 radical (unpaired) electrons. The summed E-state index contributed by atoms with van der Waals surface area (Å²) in [6, 6.07) is 1.52. The van der Waals surface area contributed by atoms with Crippen LogP contribution in [0.1, 0.15) is 6.23 Å². The lowest BCUT2D eigenvalue weighted by Crippen LogP contribution is -2.34. The number of fused-ring (bicyclic) bond motifs is 1. The number of nitrogens with zero attached hydrogens (tertiary/aromatic N) is 2. The molecule has 5 atom stereocenters. The normalized spacial score (nSPS) is 27.8. The van der Waals surface area contributed by atoms with Gasteiger partial charge in [0.05, 0.1) is 5.39 Å². The van der Waals surface area contributed by atoms with Gasteiger partial charge in [-0.25, -0.2) is 0 Å². The molecule has 3 heterocycles. The minimum Gasteiger partial charge on any atom is -0.387 e. The SMILES string of the molecule is COC1[C@@H](O)[C@@H](OOP(O)CO)O[C@H]1n1ccc2c(=O)[nH]c(N)nc21. The smallest absolute Gasteiger partial charge is 0.261 e. The van der Waals surface area contributed by atoms with Crippen LogP contribution in [0.5, 0.6) is 0 Å². The molecule has 6 N–H and O–H groups in total. The molecule has 2 aromatic rings. The predicted molar refractivity (Wildman–Crippen MR) is 83.9 cm³/mol. The molecule has 1 saturated heterocycles. The number of anilines is 1. The van der Waals surface area contributed by atoms with Crippen molar-refractivity contribution in [1.82, 2.24) is 14.5 Å². The summed E-state index contributed by atoms with van der Waals surface area (Å²) in [6.45, 7) is 0. The second-order valence-electron chi connectivity index (χ2n) is 5.16. The maximum atomic E-state index is 11.9. The number of nitrogens with one attached hydrogen (secondary N) is 1. The summed E-state index contributed by atoms with van der Waals surface area (Å²) in [7, 11) is -0.846. The number of nitrogens with two attached hydrogens (primary N) is 1. The highest BCUT2D eigenvalue weighted by atomic mass is 31.2. The second-order valence-corrected chi connectivity index (χ2v) is 6.30. The second kappa shape index (κ2) is 7.32. The van der Waals surface area contributed by atoms with Crippen molar-refractivity contribution in [3.63, 3.8) is 0 Å². The molecule has 0 bridgehead atoms. The van der Waals surface area contributed by atoms with E-state index in [-0.39, 0.29) is 17.0 Å². The molecule has 1 aliphatic heterocycles. The molecule has 2 unspecified atom stereocenters. The van der Waals surface area contributed by atoms with Gasteiger partial charge < -0.3 is 34.9 Å². The molecular formula is C12H17N4O8P. The van der Waals surface area contributed by atoms with Gasteiger partial charge in [0.25, 0.3) is 5.56 Å². The minimum atomic E-state index is -2.21. The third-order valence-electron chi connectivity index (χ3n) is 3.66. The standard InChI is InChI=1S/C12H17N4O8P/c1-21-7-6(18)11(23-24-25(20)4-17)22-10(7)16-3-2-5-8(16)14-12(13)15-9(5)19/h2-3,6-7,10-11,17-18,20H,4H2,1H3,(H3,13,14,15,19)/t6-,7?,10-,11-,25?/m1/s1. The number of ether oxygens (including phenoxy) is 2. The molecule has 1 aliphatic rings. The Labute approximate surface area is 141 Å². The van der Waals surface area contributed by atoms with Gasteiger partial charge in [0.1, 0.15) is 18.6 Å². The lowest BCUT2D eigenvalue weighted by Gasteiger charge is -2.20. The van der Waals surface area contributed by atoms with Gasteiger partial charge in [0.15, 0.2) is 11.9 Å².